The predicted octanol–water partition coefficient (Wildman–Crippen LogP) is 1.64. The maximum atomic E-state index is 10.5. The molecule has 0 radical (unpaired) electrons. The minimum absolute atomic E-state index is 0.0359. The molecule has 1 N–H and O–H groups in total. The molecule has 1 rings (SSSR count). The van der Waals surface area contributed by atoms with E-state index in [9.17, 15) is 4.79 Å². The van der Waals surface area contributed by atoms with Gasteiger partial charge in [0.15, 0.2) is 0 Å². The van der Waals surface area contributed by atoms with E-state index in [0.717, 1.165) is 5.69 Å². The van der Waals surface area contributed by atoms with E-state index in [2.05, 4.69) is 5.32 Å². The van der Waals surface area contributed by atoms with Crippen molar-refractivity contribution in [1.82, 2.24) is 0 Å². The zero-order valence-electron chi connectivity index (χ0n) is 5.79. The van der Waals surface area contributed by atoms with Gasteiger partial charge in [0.05, 0.1) is 0 Å². The van der Waals surface area contributed by atoms with Gasteiger partial charge in [0.25, 0.3) is 0 Å². The Balaban J connectivity index is 2.67. The van der Waals surface area contributed by atoms with Crippen LogP contribution in [0.5, 0.6) is 0 Å². The van der Waals surface area contributed by atoms with Crippen LogP contribution in [0.3, 0.4) is 0 Å². The van der Waals surface area contributed by atoms with E-state index >= 15 is 0 Å². The minimum atomic E-state index is -0.0359. The van der Waals surface area contributed by atoms with Crippen LogP contribution in [0, 0.1) is 0 Å². The van der Waals surface area contributed by atoms with E-state index in [1.807, 2.05) is 30.3 Å². The van der Waals surface area contributed by atoms with Crippen LogP contribution in [0.1, 0.15) is 6.92 Å². The Labute approximate surface area is 59.9 Å². The van der Waals surface area contributed by atoms with Crippen LogP contribution in [0.25, 0.3) is 0 Å². The number of para-hydroxylation sites is 1. The Kier molecular flexibility index (Phi) is 2.05. The lowest BCUT2D eigenvalue weighted by Gasteiger charge is -1.98. The normalized spacial score (nSPS) is 8.90. The maximum Gasteiger partial charge on any atom is 0.221 e. The molecule has 10 heavy (non-hydrogen) atoms. The molecule has 0 bridgehead atoms. The third-order valence-corrected chi connectivity index (χ3v) is 1.09. The fourth-order valence-electron chi connectivity index (χ4n) is 0.725. The van der Waals surface area contributed by atoms with Crippen LogP contribution in [0.4, 0.5) is 5.69 Å². The summed E-state index contributed by atoms with van der Waals surface area (Å²) < 4.78 is 0. The van der Waals surface area contributed by atoms with Crippen molar-refractivity contribution in [1.29, 1.82) is 0 Å². The molecule has 0 spiro atoms. The van der Waals surface area contributed by atoms with Crippen LogP contribution in [0.2, 0.25) is 0 Å². The second kappa shape index (κ2) is 3.01. The quantitative estimate of drug-likeness (QED) is 0.626. The van der Waals surface area contributed by atoms with Gasteiger partial charge in [-0.25, -0.2) is 0 Å². The Morgan fingerprint density at radius 3 is 2.40 bits per heavy atom. The van der Waals surface area contributed by atoms with Crippen LogP contribution in [-0.4, -0.2) is 5.91 Å². The molecule has 52 valence electrons. The van der Waals surface area contributed by atoms with Gasteiger partial charge in [-0.15, -0.1) is 0 Å². The number of amides is 1. The van der Waals surface area contributed by atoms with E-state index in [1.165, 1.54) is 6.92 Å². The van der Waals surface area contributed by atoms with Crippen LogP contribution in [0.15, 0.2) is 30.3 Å². The van der Waals surface area contributed by atoms with Gasteiger partial charge in [0, 0.05) is 12.6 Å². The molecule has 0 unspecified atom stereocenters. The second-order valence-corrected chi connectivity index (χ2v) is 2.05. The van der Waals surface area contributed by atoms with Crippen molar-refractivity contribution in [2.75, 3.05) is 5.32 Å². The number of hydrogen-bond acceptors (Lipinski definition) is 1. The first-order chi connectivity index (χ1) is 4.79. The molecule has 1 aromatic rings. The number of hydrogen-bond donors (Lipinski definition) is 1. The summed E-state index contributed by atoms with van der Waals surface area (Å²) in [5.74, 6) is -0.0359. The summed E-state index contributed by atoms with van der Waals surface area (Å²) in [5.41, 5.74) is 0.843. The Morgan fingerprint density at radius 2 is 1.90 bits per heavy atom. The second-order valence-electron chi connectivity index (χ2n) is 2.05. The van der Waals surface area contributed by atoms with E-state index < -0.39 is 0 Å². The lowest BCUT2D eigenvalue weighted by molar-refractivity contribution is -0.114. The highest BCUT2D eigenvalue weighted by Crippen LogP contribution is 2.03. The molecule has 0 aromatic heterocycles. The summed E-state index contributed by atoms with van der Waals surface area (Å²) >= 11 is 0. The van der Waals surface area contributed by atoms with Gasteiger partial charge in [0.1, 0.15) is 0 Å². The van der Waals surface area contributed by atoms with Crippen molar-refractivity contribution < 1.29 is 4.79 Å². The standard InChI is InChI=1S/C8H9NO/c1-7(10)9-8-5-3-2-4-6-8/h2-6H,1H3,(H,9,10)/i8+2. The van der Waals surface area contributed by atoms with Crippen molar-refractivity contribution in [3.05, 3.63) is 30.3 Å². The van der Waals surface area contributed by atoms with Gasteiger partial charge in [-0.1, -0.05) is 18.2 Å². The zero-order chi connectivity index (χ0) is 7.40. The Morgan fingerprint density at radius 1 is 1.30 bits per heavy atom. The Hall–Kier alpha value is -1.31. The van der Waals surface area contributed by atoms with Crippen LogP contribution >= 0.6 is 0 Å². The number of rotatable bonds is 1. The van der Waals surface area contributed by atoms with Gasteiger partial charge in [-0.05, 0) is 12.1 Å². The third kappa shape index (κ3) is 1.90. The van der Waals surface area contributed by atoms with Crippen LogP contribution < -0.4 is 5.32 Å². The molecular formula is C8H9NO. The topological polar surface area (TPSA) is 29.1 Å². The van der Waals surface area contributed by atoms with E-state index in [-0.39, 0.29) is 5.91 Å². The fraction of sp³-hybridized carbons (Fsp3) is 0.125. The highest BCUT2D eigenvalue weighted by atomic mass is 16.2. The molecule has 0 aliphatic carbocycles. The van der Waals surface area contributed by atoms with Crippen molar-refractivity contribution >= 4 is 11.6 Å². The molecule has 1 aromatic carbocycles. The summed E-state index contributed by atoms with van der Waals surface area (Å²) in [7, 11) is 0. The van der Waals surface area contributed by atoms with Crippen molar-refractivity contribution in [2.45, 2.75) is 6.92 Å². The molecule has 0 aliphatic rings. The smallest absolute Gasteiger partial charge is 0.221 e. The fourth-order valence-corrected chi connectivity index (χ4v) is 0.725. The average molecular weight is 137 g/mol. The number of nitrogens with one attached hydrogen (secondary N) is 1. The molecule has 0 aliphatic heterocycles. The maximum absolute atomic E-state index is 10.5. The lowest BCUT2D eigenvalue weighted by atomic mass is 10.5. The first-order valence-electron chi connectivity index (χ1n) is 3.11. The SMILES string of the molecule is CC(=O)N[14c]1ccccc1. The summed E-state index contributed by atoms with van der Waals surface area (Å²) in [5, 5.41) is 2.67. The largest absolute Gasteiger partial charge is 0.326 e. The lowest BCUT2D eigenvalue weighted by Crippen LogP contribution is -2.04. The number of carbonyl (C=O) groups is 1. The minimum Gasteiger partial charge on any atom is -0.326 e. The highest BCUT2D eigenvalue weighted by Gasteiger charge is 1.90. The Bertz CT molecular complexity index is 218. The first-order valence-corrected chi connectivity index (χ1v) is 3.11. The molecule has 0 fully saturated rings. The van der Waals surface area contributed by atoms with Gasteiger partial charge in [-0.2, -0.15) is 0 Å². The van der Waals surface area contributed by atoms with E-state index in [1.54, 1.807) is 0 Å². The predicted molar refractivity (Wildman–Crippen MR) is 40.7 cm³/mol. The number of anilines is 1. The van der Waals surface area contributed by atoms with Gasteiger partial charge >= 0.3 is 0 Å². The zero-order valence-corrected chi connectivity index (χ0v) is 5.79. The summed E-state index contributed by atoms with van der Waals surface area (Å²) in [6.45, 7) is 1.49. The monoisotopic (exact) mass is 137 g/mol. The molecule has 0 saturated heterocycles. The van der Waals surface area contributed by atoms with Crippen molar-refractivity contribution in [3.63, 3.8) is 0 Å². The average Bonchev–Trinajstić information content (AvgIpc) is 1.88. The summed E-state index contributed by atoms with van der Waals surface area (Å²) in [4.78, 5) is 10.5. The summed E-state index contributed by atoms with van der Waals surface area (Å²) in [6.07, 6.45) is 0. The van der Waals surface area contributed by atoms with E-state index in [4.69, 9.17) is 0 Å². The number of benzene rings is 1. The van der Waals surface area contributed by atoms with Crippen molar-refractivity contribution in [2.24, 2.45) is 0 Å². The molecule has 2 nitrogen and oxygen atoms in total. The number of carbonyl (C=O) groups excluding carboxylic acids is 1. The van der Waals surface area contributed by atoms with Gasteiger partial charge in [-0.3, -0.25) is 4.79 Å². The highest BCUT2D eigenvalue weighted by molar-refractivity contribution is 5.88. The molecule has 0 atom stereocenters. The van der Waals surface area contributed by atoms with Crippen molar-refractivity contribution in [3.8, 4) is 0 Å². The summed E-state index contributed by atoms with van der Waals surface area (Å²) in [6, 6.07) is 9.37. The molecule has 2 heteroatoms. The molecule has 1 amide bonds. The van der Waals surface area contributed by atoms with E-state index in [0.29, 0.717) is 0 Å². The molecule has 0 saturated carbocycles. The molecule has 0 heterocycles. The van der Waals surface area contributed by atoms with Gasteiger partial charge < -0.3 is 5.32 Å². The third-order valence-electron chi connectivity index (χ3n) is 1.09. The molecular weight excluding hydrogens is 128 g/mol. The first kappa shape index (κ1) is 6.81. The van der Waals surface area contributed by atoms with Crippen LogP contribution in [-0.2, 0) is 4.79 Å². The van der Waals surface area contributed by atoms with Gasteiger partial charge in [0.2, 0.25) is 5.91 Å².